The van der Waals surface area contributed by atoms with Gasteiger partial charge in [0.1, 0.15) is 11.5 Å². The maximum atomic E-state index is 5.90. The highest BCUT2D eigenvalue weighted by molar-refractivity contribution is 9.10. The van der Waals surface area contributed by atoms with Gasteiger partial charge in [-0.1, -0.05) is 13.0 Å². The number of aromatic nitrogens is 3. The van der Waals surface area contributed by atoms with Gasteiger partial charge in [-0.3, -0.25) is 4.98 Å². The van der Waals surface area contributed by atoms with Crippen LogP contribution in [-0.2, 0) is 17.8 Å². The van der Waals surface area contributed by atoms with Crippen molar-refractivity contribution >= 4 is 21.7 Å². The molecule has 0 atom stereocenters. The number of anilines is 1. The summed E-state index contributed by atoms with van der Waals surface area (Å²) in [6.45, 7) is 2.44. The van der Waals surface area contributed by atoms with Crippen LogP contribution >= 0.6 is 15.9 Å². The topological polar surface area (TPSA) is 73.9 Å². The number of hydrogen-bond donors (Lipinski definition) is 1. The lowest BCUT2D eigenvalue weighted by Crippen LogP contribution is -2.05. The first-order valence-electron chi connectivity index (χ1n) is 5.92. The van der Waals surface area contributed by atoms with Gasteiger partial charge >= 0.3 is 0 Å². The van der Waals surface area contributed by atoms with Crippen LogP contribution in [0.4, 0.5) is 5.82 Å². The Kier molecular flexibility index (Phi) is 4.44. The minimum absolute atomic E-state index is 0.370. The Labute approximate surface area is 120 Å². The molecule has 2 N–H and O–H groups in total. The van der Waals surface area contributed by atoms with Crippen molar-refractivity contribution in [2.75, 3.05) is 12.8 Å². The fraction of sp³-hybridized carbons (Fsp3) is 0.308. The highest BCUT2D eigenvalue weighted by Gasteiger charge is 2.14. The molecule has 2 rings (SSSR count). The molecular weight excluding hydrogens is 308 g/mol. The first-order chi connectivity index (χ1) is 9.17. The van der Waals surface area contributed by atoms with Gasteiger partial charge in [-0.05, 0) is 34.0 Å². The molecule has 0 spiro atoms. The Morgan fingerprint density at radius 3 is 2.84 bits per heavy atom. The van der Waals surface area contributed by atoms with Crippen molar-refractivity contribution in [3.8, 4) is 11.5 Å². The molecule has 0 saturated carbocycles. The van der Waals surface area contributed by atoms with E-state index in [9.17, 15) is 0 Å². The number of nitrogens with zero attached hydrogens (tertiary/aromatic N) is 3. The van der Waals surface area contributed by atoms with Gasteiger partial charge < -0.3 is 10.5 Å². The van der Waals surface area contributed by atoms with E-state index in [1.54, 1.807) is 13.3 Å². The van der Waals surface area contributed by atoms with Gasteiger partial charge in [0.05, 0.1) is 16.8 Å². The molecule has 6 heteroatoms. The number of methoxy groups -OCH3 is 1. The third-order valence-electron chi connectivity index (χ3n) is 2.71. The van der Waals surface area contributed by atoms with Gasteiger partial charge in [-0.25, -0.2) is 9.97 Å². The molecule has 0 aliphatic heterocycles. The lowest BCUT2D eigenvalue weighted by Gasteiger charge is -2.10. The Bertz CT molecular complexity index is 589. The summed E-state index contributed by atoms with van der Waals surface area (Å²) in [5.74, 6) is 0.926. The fourth-order valence-corrected chi connectivity index (χ4v) is 2.07. The SMILES string of the molecule is CCc1cccnc1-c1nc(N)c(Br)c(COC)n1. The van der Waals surface area contributed by atoms with E-state index in [1.807, 2.05) is 12.1 Å². The van der Waals surface area contributed by atoms with E-state index in [0.717, 1.165) is 23.4 Å². The molecule has 2 aromatic heterocycles. The summed E-state index contributed by atoms with van der Waals surface area (Å²) >= 11 is 3.37. The molecular formula is C13H15BrN4O. The molecule has 19 heavy (non-hydrogen) atoms. The minimum Gasteiger partial charge on any atom is -0.383 e. The molecule has 0 fully saturated rings. The van der Waals surface area contributed by atoms with E-state index in [4.69, 9.17) is 10.5 Å². The molecule has 0 radical (unpaired) electrons. The summed E-state index contributed by atoms with van der Waals surface area (Å²) in [6.07, 6.45) is 2.59. The molecule has 100 valence electrons. The molecule has 2 aromatic rings. The molecule has 0 aliphatic rings. The van der Waals surface area contributed by atoms with Crippen LogP contribution in [0.5, 0.6) is 0 Å². The average molecular weight is 323 g/mol. The number of rotatable bonds is 4. The van der Waals surface area contributed by atoms with Gasteiger partial charge in [-0.2, -0.15) is 0 Å². The lowest BCUT2D eigenvalue weighted by molar-refractivity contribution is 0.181. The van der Waals surface area contributed by atoms with Gasteiger partial charge in [-0.15, -0.1) is 0 Å². The highest BCUT2D eigenvalue weighted by Crippen LogP contribution is 2.26. The van der Waals surface area contributed by atoms with Crippen molar-refractivity contribution in [1.82, 2.24) is 15.0 Å². The van der Waals surface area contributed by atoms with Gasteiger partial charge in [0.25, 0.3) is 0 Å². The number of pyridine rings is 1. The smallest absolute Gasteiger partial charge is 0.180 e. The van der Waals surface area contributed by atoms with E-state index in [1.165, 1.54) is 0 Å². The van der Waals surface area contributed by atoms with Gasteiger partial charge in [0.2, 0.25) is 0 Å². The monoisotopic (exact) mass is 322 g/mol. The van der Waals surface area contributed by atoms with Crippen LogP contribution in [0.1, 0.15) is 18.2 Å². The van der Waals surface area contributed by atoms with E-state index < -0.39 is 0 Å². The maximum absolute atomic E-state index is 5.90. The van der Waals surface area contributed by atoms with Crippen LogP contribution in [-0.4, -0.2) is 22.1 Å². The molecule has 0 unspecified atom stereocenters. The Balaban J connectivity index is 2.56. The van der Waals surface area contributed by atoms with Crippen molar-refractivity contribution in [2.45, 2.75) is 20.0 Å². The van der Waals surface area contributed by atoms with Crippen molar-refractivity contribution < 1.29 is 4.74 Å². The molecule has 0 bridgehead atoms. The summed E-state index contributed by atoms with van der Waals surface area (Å²) in [5.41, 5.74) is 8.48. The van der Waals surface area contributed by atoms with Gasteiger partial charge in [0, 0.05) is 13.3 Å². The summed E-state index contributed by atoms with van der Waals surface area (Å²) in [5, 5.41) is 0. The Hall–Kier alpha value is -1.53. The number of ether oxygens (including phenoxy) is 1. The summed E-state index contributed by atoms with van der Waals surface area (Å²) < 4.78 is 5.79. The predicted molar refractivity (Wildman–Crippen MR) is 77.5 cm³/mol. The summed E-state index contributed by atoms with van der Waals surface area (Å²) in [6, 6.07) is 3.92. The van der Waals surface area contributed by atoms with Crippen molar-refractivity contribution in [1.29, 1.82) is 0 Å². The third-order valence-corrected chi connectivity index (χ3v) is 3.57. The first-order valence-corrected chi connectivity index (χ1v) is 6.71. The number of nitrogens with two attached hydrogens (primary N) is 1. The van der Waals surface area contributed by atoms with Crippen LogP contribution in [0, 0.1) is 0 Å². The maximum Gasteiger partial charge on any atom is 0.180 e. The predicted octanol–water partition coefficient (Wildman–Crippen LogP) is 2.59. The molecule has 2 heterocycles. The number of halogens is 1. The van der Waals surface area contributed by atoms with Crippen molar-refractivity contribution in [2.24, 2.45) is 0 Å². The standard InChI is InChI=1S/C13H15BrN4O/c1-3-8-5-4-6-16-11(8)13-17-9(7-19-2)10(14)12(15)18-13/h4-6H,3,7H2,1-2H3,(H2,15,17,18). The van der Waals surface area contributed by atoms with Crippen molar-refractivity contribution in [3.63, 3.8) is 0 Å². The summed E-state index contributed by atoms with van der Waals surface area (Å²) in [4.78, 5) is 13.1. The van der Waals surface area contributed by atoms with Crippen LogP contribution in [0.25, 0.3) is 11.5 Å². The molecule has 5 nitrogen and oxygen atoms in total. The second-order valence-corrected chi connectivity index (χ2v) is 4.78. The zero-order valence-corrected chi connectivity index (χ0v) is 12.4. The summed E-state index contributed by atoms with van der Waals surface area (Å²) in [7, 11) is 1.61. The molecule has 0 aromatic carbocycles. The van der Waals surface area contributed by atoms with E-state index in [0.29, 0.717) is 22.7 Å². The van der Waals surface area contributed by atoms with E-state index >= 15 is 0 Å². The van der Waals surface area contributed by atoms with Crippen LogP contribution in [0.15, 0.2) is 22.8 Å². The zero-order chi connectivity index (χ0) is 13.8. The van der Waals surface area contributed by atoms with E-state index in [-0.39, 0.29) is 0 Å². The first kappa shape index (κ1) is 13.9. The lowest BCUT2D eigenvalue weighted by atomic mass is 10.1. The fourth-order valence-electron chi connectivity index (χ4n) is 1.78. The van der Waals surface area contributed by atoms with Crippen LogP contribution in [0.2, 0.25) is 0 Å². The third kappa shape index (κ3) is 2.90. The van der Waals surface area contributed by atoms with Crippen LogP contribution in [0.3, 0.4) is 0 Å². The Morgan fingerprint density at radius 1 is 1.37 bits per heavy atom. The van der Waals surface area contributed by atoms with Crippen molar-refractivity contribution in [3.05, 3.63) is 34.1 Å². The largest absolute Gasteiger partial charge is 0.383 e. The number of hydrogen-bond acceptors (Lipinski definition) is 5. The zero-order valence-electron chi connectivity index (χ0n) is 10.9. The quantitative estimate of drug-likeness (QED) is 0.936. The second kappa shape index (κ2) is 6.08. The molecule has 0 saturated heterocycles. The number of nitrogen functional groups attached to an aromatic ring is 1. The second-order valence-electron chi connectivity index (χ2n) is 3.99. The average Bonchev–Trinajstić information content (AvgIpc) is 2.43. The van der Waals surface area contributed by atoms with Gasteiger partial charge in [0.15, 0.2) is 5.82 Å². The molecule has 0 amide bonds. The Morgan fingerprint density at radius 2 is 2.16 bits per heavy atom. The molecule has 0 aliphatic carbocycles. The normalized spacial score (nSPS) is 10.7. The number of aryl methyl sites for hydroxylation is 1. The van der Waals surface area contributed by atoms with Crippen LogP contribution < -0.4 is 5.73 Å². The highest BCUT2D eigenvalue weighted by atomic mass is 79.9. The minimum atomic E-state index is 0.370. The van der Waals surface area contributed by atoms with E-state index in [2.05, 4.69) is 37.8 Å².